The first-order valence-corrected chi connectivity index (χ1v) is 25.6. The summed E-state index contributed by atoms with van der Waals surface area (Å²) in [6, 6.07) is 0. The Morgan fingerprint density at radius 3 is 1.30 bits per heavy atom. The van der Waals surface area contributed by atoms with Crippen LogP contribution in [0.3, 0.4) is 0 Å². The maximum absolute atomic E-state index is 12.8. The molecule has 0 spiro atoms. The second kappa shape index (κ2) is 37.7. The van der Waals surface area contributed by atoms with Crippen molar-refractivity contribution in [1.29, 1.82) is 0 Å². The van der Waals surface area contributed by atoms with Crippen molar-refractivity contribution in [2.45, 2.75) is 249 Å². The van der Waals surface area contributed by atoms with E-state index in [9.17, 15) is 44.6 Å². The Kier molecular flexibility index (Phi) is 35.4. The maximum atomic E-state index is 12.8. The van der Waals surface area contributed by atoms with Gasteiger partial charge in [0.05, 0.1) is 6.61 Å². The fraction of sp³-hybridized carbons (Fsp3) is 0.872. The summed E-state index contributed by atoms with van der Waals surface area (Å²) in [6.07, 6.45) is 27.9. The van der Waals surface area contributed by atoms with Gasteiger partial charge in [0.25, 0.3) is 0 Å². The highest BCUT2D eigenvalue weighted by Gasteiger charge is 2.51. The smallest absolute Gasteiger partial charge is 0.462 e. The molecule has 0 aromatic carbocycles. The molecule has 0 aliphatic heterocycles. The molecule has 1 aliphatic carbocycles. The number of hydrogen-bond acceptors (Lipinski definition) is 12. The van der Waals surface area contributed by atoms with Gasteiger partial charge < -0.3 is 39.9 Å². The van der Waals surface area contributed by atoms with Gasteiger partial charge in [0.1, 0.15) is 43.2 Å². The van der Waals surface area contributed by atoms with Gasteiger partial charge in [-0.2, -0.15) is 0 Å². The van der Waals surface area contributed by atoms with Crippen molar-refractivity contribution in [2.24, 2.45) is 0 Å². The van der Waals surface area contributed by atoms with Crippen molar-refractivity contribution < 1.29 is 63.1 Å². The van der Waals surface area contributed by atoms with E-state index >= 15 is 0 Å². The minimum Gasteiger partial charge on any atom is -0.462 e. The number of carbonyl (C=O) groups is 2. The summed E-state index contributed by atoms with van der Waals surface area (Å²) in [5, 5.41) is 50.2. The number of rotatable bonds is 40. The van der Waals surface area contributed by atoms with Gasteiger partial charge in [-0.1, -0.05) is 160 Å². The molecule has 8 atom stereocenters. The molecule has 0 amide bonds. The van der Waals surface area contributed by atoms with E-state index in [1.165, 1.54) is 109 Å². The number of ether oxygens (including phenoxy) is 2. The van der Waals surface area contributed by atoms with Gasteiger partial charge in [-0.25, -0.2) is 4.57 Å². The Bertz CT molecular complexity index is 1170. The first kappa shape index (κ1) is 57.3. The molecule has 0 heterocycles. The lowest BCUT2D eigenvalue weighted by molar-refractivity contribution is -0.220. The molecule has 13 nitrogen and oxygen atoms in total. The standard InChI is InChI=1S/C47H87O13P/c1-3-5-7-9-11-13-15-17-19-20-22-24-26-28-30-32-34-36-41(49)59-39(38-58-61(55,56)60-47-45(53)43(51)42(50)44(52)46(47)54)37-57-40(48)35-33-31-29-27-25-23-21-18-16-14-12-10-8-6-4-2/h10,12-13,15,39,42-47,50-54H,3-9,11,14,16-38H2,1-2H3,(H,55,56)/b12-10+,15-13+/t39-,42?,43+,44?,45?,46?,47?/m1/s1. The summed E-state index contributed by atoms with van der Waals surface area (Å²) in [5.41, 5.74) is 0. The van der Waals surface area contributed by atoms with Gasteiger partial charge in [-0.3, -0.25) is 18.6 Å². The molecule has 61 heavy (non-hydrogen) atoms. The van der Waals surface area contributed by atoms with Crippen LogP contribution in [0.15, 0.2) is 24.3 Å². The molecule has 0 aromatic heterocycles. The van der Waals surface area contributed by atoms with Crippen molar-refractivity contribution in [3.05, 3.63) is 24.3 Å². The third-order valence-electron chi connectivity index (χ3n) is 11.3. The predicted molar refractivity (Wildman–Crippen MR) is 240 cm³/mol. The number of allylic oxidation sites excluding steroid dienone is 4. The lowest BCUT2D eigenvalue weighted by Crippen LogP contribution is -2.64. The second-order valence-corrected chi connectivity index (χ2v) is 18.4. The molecule has 1 rings (SSSR count). The molecule has 358 valence electrons. The summed E-state index contributed by atoms with van der Waals surface area (Å²) in [7, 11) is -5.12. The van der Waals surface area contributed by atoms with Gasteiger partial charge in [-0.15, -0.1) is 0 Å². The molecule has 0 radical (unpaired) electrons. The first-order valence-electron chi connectivity index (χ1n) is 24.1. The van der Waals surface area contributed by atoms with Gasteiger partial charge >= 0.3 is 19.8 Å². The lowest BCUT2D eigenvalue weighted by atomic mass is 9.85. The molecule has 0 bridgehead atoms. The Morgan fingerprint density at radius 1 is 0.492 bits per heavy atom. The Labute approximate surface area is 368 Å². The van der Waals surface area contributed by atoms with Crippen LogP contribution in [-0.4, -0.2) is 98.3 Å². The molecule has 1 fully saturated rings. The van der Waals surface area contributed by atoms with Crippen LogP contribution in [0, 0.1) is 0 Å². The van der Waals surface area contributed by atoms with E-state index in [1.807, 2.05) is 0 Å². The molecule has 0 aromatic rings. The van der Waals surface area contributed by atoms with Gasteiger partial charge in [-0.05, 0) is 57.8 Å². The van der Waals surface area contributed by atoms with Crippen LogP contribution in [0.5, 0.6) is 0 Å². The number of aliphatic hydroxyl groups excluding tert-OH is 5. The van der Waals surface area contributed by atoms with E-state index in [0.717, 1.165) is 57.8 Å². The third kappa shape index (κ3) is 30.2. The largest absolute Gasteiger partial charge is 0.472 e. The highest BCUT2D eigenvalue weighted by molar-refractivity contribution is 7.47. The van der Waals surface area contributed by atoms with E-state index in [-0.39, 0.29) is 12.8 Å². The van der Waals surface area contributed by atoms with Gasteiger partial charge in [0.15, 0.2) is 6.10 Å². The van der Waals surface area contributed by atoms with Gasteiger partial charge in [0, 0.05) is 12.8 Å². The van der Waals surface area contributed by atoms with Crippen LogP contribution in [0.25, 0.3) is 0 Å². The molecule has 1 aliphatic rings. The predicted octanol–water partition coefficient (Wildman–Crippen LogP) is 9.62. The van der Waals surface area contributed by atoms with Gasteiger partial charge in [0.2, 0.25) is 0 Å². The number of carbonyl (C=O) groups excluding carboxylic acids is 2. The number of phosphoric acid groups is 1. The normalized spacial score (nSPS) is 22.2. The molecule has 14 heteroatoms. The summed E-state index contributed by atoms with van der Waals surface area (Å²) in [6.45, 7) is 3.27. The average molecular weight is 891 g/mol. The fourth-order valence-electron chi connectivity index (χ4n) is 7.32. The number of hydrogen-bond donors (Lipinski definition) is 6. The zero-order valence-corrected chi connectivity index (χ0v) is 38.9. The Hall–Kier alpha value is -1.67. The van der Waals surface area contributed by atoms with E-state index in [4.69, 9.17) is 18.5 Å². The van der Waals surface area contributed by atoms with Crippen molar-refractivity contribution >= 4 is 19.8 Å². The summed E-state index contributed by atoms with van der Waals surface area (Å²) < 4.78 is 33.6. The quantitative estimate of drug-likeness (QED) is 0.0147. The molecule has 0 saturated heterocycles. The first-order chi connectivity index (χ1) is 29.4. The average Bonchev–Trinajstić information content (AvgIpc) is 3.24. The minimum atomic E-state index is -5.12. The summed E-state index contributed by atoms with van der Waals surface area (Å²) in [4.78, 5) is 35.7. The minimum absolute atomic E-state index is 0.0961. The topological polar surface area (TPSA) is 210 Å². The summed E-state index contributed by atoms with van der Waals surface area (Å²) in [5.74, 6) is -1.10. The highest BCUT2D eigenvalue weighted by atomic mass is 31.2. The van der Waals surface area contributed by atoms with Crippen LogP contribution >= 0.6 is 7.82 Å². The Morgan fingerprint density at radius 2 is 0.852 bits per heavy atom. The number of aliphatic hydroxyl groups is 5. The third-order valence-corrected chi connectivity index (χ3v) is 12.3. The number of unbranched alkanes of at least 4 members (excludes halogenated alkanes) is 24. The van der Waals surface area contributed by atoms with Crippen molar-refractivity contribution in [1.82, 2.24) is 0 Å². The van der Waals surface area contributed by atoms with Crippen LogP contribution in [0.2, 0.25) is 0 Å². The zero-order chi connectivity index (χ0) is 45.0. The Balaban J connectivity index is 2.43. The fourth-order valence-corrected chi connectivity index (χ4v) is 8.29. The SMILES string of the molecule is CCCC/C=C/CCCCCCCCCCCC(=O)OC[C@H](COP(=O)(O)OC1C(O)C(O)C(O)[C@H](O)C1O)OC(=O)CCCCCCCCCCC/C=C/CCCCCC. The lowest BCUT2D eigenvalue weighted by Gasteiger charge is -2.41. The molecule has 6 unspecified atom stereocenters. The number of phosphoric ester groups is 1. The number of esters is 2. The molecule has 1 saturated carbocycles. The van der Waals surface area contributed by atoms with Crippen LogP contribution in [-0.2, 0) is 32.7 Å². The van der Waals surface area contributed by atoms with Crippen LogP contribution in [0.4, 0.5) is 0 Å². The zero-order valence-electron chi connectivity index (χ0n) is 38.0. The molecular formula is C47H87O13P. The van der Waals surface area contributed by atoms with E-state index in [1.54, 1.807) is 0 Å². The monoisotopic (exact) mass is 891 g/mol. The van der Waals surface area contributed by atoms with Crippen molar-refractivity contribution in [2.75, 3.05) is 13.2 Å². The highest BCUT2D eigenvalue weighted by Crippen LogP contribution is 2.47. The van der Waals surface area contributed by atoms with Crippen LogP contribution in [0.1, 0.15) is 206 Å². The van der Waals surface area contributed by atoms with E-state index < -0.39 is 75.7 Å². The van der Waals surface area contributed by atoms with E-state index in [2.05, 4.69) is 38.2 Å². The van der Waals surface area contributed by atoms with Crippen LogP contribution < -0.4 is 0 Å². The second-order valence-electron chi connectivity index (χ2n) is 17.0. The maximum Gasteiger partial charge on any atom is 0.472 e. The summed E-state index contributed by atoms with van der Waals surface area (Å²) >= 11 is 0. The van der Waals surface area contributed by atoms with Crippen molar-refractivity contribution in [3.63, 3.8) is 0 Å². The van der Waals surface area contributed by atoms with E-state index in [0.29, 0.717) is 12.8 Å². The molecule has 6 N–H and O–H groups in total. The van der Waals surface area contributed by atoms with Crippen molar-refractivity contribution in [3.8, 4) is 0 Å². The molecular weight excluding hydrogens is 803 g/mol.